The van der Waals surface area contributed by atoms with Crippen LogP contribution in [-0.2, 0) is 9.59 Å². The highest BCUT2D eigenvalue weighted by Crippen LogP contribution is 2.21. The monoisotopic (exact) mass is 254 g/mol. The van der Waals surface area contributed by atoms with Crippen molar-refractivity contribution in [2.45, 2.75) is 38.6 Å². The van der Waals surface area contributed by atoms with Crippen LogP contribution in [0.5, 0.6) is 0 Å². The molecule has 0 bridgehead atoms. The Morgan fingerprint density at radius 3 is 2.17 bits per heavy atom. The van der Waals surface area contributed by atoms with Crippen molar-refractivity contribution in [2.24, 2.45) is 5.92 Å². The van der Waals surface area contributed by atoms with Gasteiger partial charge in [-0.25, -0.2) is 0 Å². The first-order valence-corrected chi connectivity index (χ1v) is 6.85. The second-order valence-corrected chi connectivity index (χ2v) is 5.40. The molecule has 0 aromatic carbocycles. The minimum Gasteiger partial charge on any atom is -0.481 e. The standard InChI is InChI=1S/C13H22N2O3/c1-10(15-8-11(9-15)13(17)18)12(16)14-6-4-2-3-5-7-14/h10-11H,2-9H2,1H3,(H,17,18). The summed E-state index contributed by atoms with van der Waals surface area (Å²) < 4.78 is 0. The van der Waals surface area contributed by atoms with Crippen LogP contribution in [0, 0.1) is 5.92 Å². The largest absolute Gasteiger partial charge is 0.481 e. The second kappa shape index (κ2) is 5.69. The van der Waals surface area contributed by atoms with Gasteiger partial charge in [-0.1, -0.05) is 12.8 Å². The molecule has 2 rings (SSSR count). The molecule has 0 aromatic rings. The maximum Gasteiger partial charge on any atom is 0.309 e. The van der Waals surface area contributed by atoms with Crippen LogP contribution in [0.4, 0.5) is 0 Å². The molecule has 0 saturated carbocycles. The summed E-state index contributed by atoms with van der Waals surface area (Å²) in [5, 5.41) is 8.84. The summed E-state index contributed by atoms with van der Waals surface area (Å²) in [6, 6.07) is -0.168. The summed E-state index contributed by atoms with van der Waals surface area (Å²) in [4.78, 5) is 27.0. The van der Waals surface area contributed by atoms with E-state index in [1.165, 1.54) is 12.8 Å². The Bertz CT molecular complexity index is 318. The van der Waals surface area contributed by atoms with E-state index in [1.54, 1.807) is 0 Å². The van der Waals surface area contributed by atoms with Crippen LogP contribution >= 0.6 is 0 Å². The molecule has 102 valence electrons. The van der Waals surface area contributed by atoms with Crippen LogP contribution < -0.4 is 0 Å². The van der Waals surface area contributed by atoms with Gasteiger partial charge in [-0.2, -0.15) is 0 Å². The number of carboxylic acid groups (broad SMARTS) is 1. The summed E-state index contributed by atoms with van der Waals surface area (Å²) in [5.74, 6) is -0.870. The van der Waals surface area contributed by atoms with Gasteiger partial charge in [-0.3, -0.25) is 14.5 Å². The second-order valence-electron chi connectivity index (χ2n) is 5.40. The third-order valence-corrected chi connectivity index (χ3v) is 4.08. The normalized spacial score (nSPS) is 24.2. The van der Waals surface area contributed by atoms with Crippen LogP contribution in [0.25, 0.3) is 0 Å². The molecule has 5 nitrogen and oxygen atoms in total. The van der Waals surface area contributed by atoms with Gasteiger partial charge in [0, 0.05) is 26.2 Å². The van der Waals surface area contributed by atoms with Crippen molar-refractivity contribution in [3.05, 3.63) is 0 Å². The fourth-order valence-corrected chi connectivity index (χ4v) is 2.70. The van der Waals surface area contributed by atoms with E-state index < -0.39 is 5.97 Å². The summed E-state index contributed by atoms with van der Waals surface area (Å²) in [6.07, 6.45) is 4.61. The lowest BCUT2D eigenvalue weighted by Crippen LogP contribution is -2.58. The van der Waals surface area contributed by atoms with E-state index in [-0.39, 0.29) is 17.9 Å². The van der Waals surface area contributed by atoms with Crippen molar-refractivity contribution < 1.29 is 14.7 Å². The van der Waals surface area contributed by atoms with Gasteiger partial charge in [0.15, 0.2) is 0 Å². The zero-order valence-corrected chi connectivity index (χ0v) is 11.0. The van der Waals surface area contributed by atoms with Crippen molar-refractivity contribution in [3.8, 4) is 0 Å². The maximum atomic E-state index is 12.3. The molecule has 18 heavy (non-hydrogen) atoms. The van der Waals surface area contributed by atoms with E-state index >= 15 is 0 Å². The highest BCUT2D eigenvalue weighted by molar-refractivity contribution is 5.82. The average Bonchev–Trinajstić information content (AvgIpc) is 2.53. The maximum absolute atomic E-state index is 12.3. The van der Waals surface area contributed by atoms with Crippen LogP contribution in [0.15, 0.2) is 0 Å². The van der Waals surface area contributed by atoms with Crippen LogP contribution in [0.1, 0.15) is 32.6 Å². The zero-order valence-electron chi connectivity index (χ0n) is 11.0. The molecule has 0 spiro atoms. The molecule has 2 fully saturated rings. The van der Waals surface area contributed by atoms with Gasteiger partial charge in [0.25, 0.3) is 0 Å². The van der Waals surface area contributed by atoms with E-state index in [0.717, 1.165) is 25.9 Å². The van der Waals surface area contributed by atoms with Crippen LogP contribution in [-0.4, -0.2) is 59.0 Å². The molecule has 0 radical (unpaired) electrons. The lowest BCUT2D eigenvalue weighted by Gasteiger charge is -2.41. The van der Waals surface area contributed by atoms with Gasteiger partial charge < -0.3 is 10.0 Å². The molecule has 2 aliphatic rings. The number of hydrogen-bond donors (Lipinski definition) is 1. The summed E-state index contributed by atoms with van der Waals surface area (Å²) >= 11 is 0. The summed E-state index contributed by atoms with van der Waals surface area (Å²) in [7, 11) is 0. The van der Waals surface area contributed by atoms with Crippen LogP contribution in [0.3, 0.4) is 0 Å². The van der Waals surface area contributed by atoms with Gasteiger partial charge in [-0.15, -0.1) is 0 Å². The Hall–Kier alpha value is -1.10. The van der Waals surface area contributed by atoms with E-state index in [9.17, 15) is 9.59 Å². The predicted octanol–water partition coefficient (Wildman–Crippen LogP) is 0.794. The van der Waals surface area contributed by atoms with Gasteiger partial charge >= 0.3 is 5.97 Å². The molecule has 1 N–H and O–H groups in total. The van der Waals surface area contributed by atoms with Gasteiger partial charge in [0.2, 0.25) is 5.91 Å². The Labute approximate surface area is 108 Å². The third-order valence-electron chi connectivity index (χ3n) is 4.08. The molecule has 1 atom stereocenters. The summed E-state index contributed by atoms with van der Waals surface area (Å²) in [5.41, 5.74) is 0. The molecule has 1 amide bonds. The Balaban J connectivity index is 1.83. The summed E-state index contributed by atoms with van der Waals surface area (Å²) in [6.45, 7) is 4.64. The van der Waals surface area contributed by atoms with E-state index in [2.05, 4.69) is 0 Å². The Morgan fingerprint density at radius 1 is 1.11 bits per heavy atom. The number of amides is 1. The molecule has 2 aliphatic heterocycles. The quantitative estimate of drug-likeness (QED) is 0.809. The first-order valence-electron chi connectivity index (χ1n) is 6.85. The number of nitrogens with zero attached hydrogens (tertiary/aromatic N) is 2. The highest BCUT2D eigenvalue weighted by Gasteiger charge is 2.38. The number of carbonyl (C=O) groups excluding carboxylic acids is 1. The van der Waals surface area contributed by atoms with Gasteiger partial charge in [-0.05, 0) is 19.8 Å². The van der Waals surface area contributed by atoms with Crippen molar-refractivity contribution in [2.75, 3.05) is 26.2 Å². The first-order chi connectivity index (χ1) is 8.59. The van der Waals surface area contributed by atoms with Crippen molar-refractivity contribution in [3.63, 3.8) is 0 Å². The SMILES string of the molecule is CC(C(=O)N1CCCCCC1)N1CC(C(=O)O)C1. The third kappa shape index (κ3) is 2.83. The highest BCUT2D eigenvalue weighted by atomic mass is 16.4. The molecule has 1 unspecified atom stereocenters. The first kappa shape index (κ1) is 13.3. The fraction of sp³-hybridized carbons (Fsp3) is 0.846. The lowest BCUT2D eigenvalue weighted by atomic mass is 9.98. The van der Waals surface area contributed by atoms with Crippen molar-refractivity contribution >= 4 is 11.9 Å². The Kier molecular flexibility index (Phi) is 4.22. The minimum absolute atomic E-state index is 0.167. The van der Waals surface area contributed by atoms with Crippen molar-refractivity contribution in [1.82, 2.24) is 9.80 Å². The van der Waals surface area contributed by atoms with E-state index in [0.29, 0.717) is 13.1 Å². The van der Waals surface area contributed by atoms with E-state index in [4.69, 9.17) is 5.11 Å². The topological polar surface area (TPSA) is 60.9 Å². The molecule has 2 heterocycles. The molecule has 0 aromatic heterocycles. The molecule has 2 saturated heterocycles. The smallest absolute Gasteiger partial charge is 0.309 e. The Morgan fingerprint density at radius 2 is 1.67 bits per heavy atom. The predicted molar refractivity (Wildman–Crippen MR) is 67.2 cm³/mol. The number of carboxylic acids is 1. The van der Waals surface area contributed by atoms with E-state index in [1.807, 2.05) is 16.7 Å². The number of aliphatic carboxylic acids is 1. The number of rotatable bonds is 3. The lowest BCUT2D eigenvalue weighted by molar-refractivity contribution is -0.152. The number of hydrogen-bond acceptors (Lipinski definition) is 3. The molecular formula is C13H22N2O3. The van der Waals surface area contributed by atoms with Gasteiger partial charge in [0.1, 0.15) is 0 Å². The minimum atomic E-state index is -0.749. The van der Waals surface area contributed by atoms with Gasteiger partial charge in [0.05, 0.1) is 12.0 Å². The fourth-order valence-electron chi connectivity index (χ4n) is 2.70. The van der Waals surface area contributed by atoms with Crippen molar-refractivity contribution in [1.29, 1.82) is 0 Å². The number of likely N-dealkylation sites (tertiary alicyclic amines) is 2. The average molecular weight is 254 g/mol. The van der Waals surface area contributed by atoms with Crippen LogP contribution in [0.2, 0.25) is 0 Å². The molecule has 5 heteroatoms. The number of carbonyl (C=O) groups is 2. The molecule has 0 aliphatic carbocycles. The zero-order chi connectivity index (χ0) is 13.1. The molecular weight excluding hydrogens is 232 g/mol.